The van der Waals surface area contributed by atoms with Crippen molar-refractivity contribution in [1.29, 1.82) is 0 Å². The summed E-state index contributed by atoms with van der Waals surface area (Å²) in [5, 5.41) is 10.2. The zero-order valence-corrected chi connectivity index (χ0v) is 5.78. The van der Waals surface area contributed by atoms with Crippen LogP contribution in [0.3, 0.4) is 0 Å². The van der Waals surface area contributed by atoms with Crippen molar-refractivity contribution in [3.8, 4) is 0 Å². The highest BCUT2D eigenvalue weighted by Crippen LogP contribution is 2.05. The minimum atomic E-state index is 0.627. The highest BCUT2D eigenvalue weighted by molar-refractivity contribution is 5.70. The van der Waals surface area contributed by atoms with Crippen molar-refractivity contribution in [2.75, 3.05) is 0 Å². The van der Waals surface area contributed by atoms with E-state index in [4.69, 9.17) is 0 Å². The normalized spacial score (nSPS) is 10.2. The number of aromatic nitrogens is 4. The smallest absolute Gasteiger partial charge is 0.202 e. The van der Waals surface area contributed by atoms with Crippen molar-refractivity contribution in [3.05, 3.63) is 24.4 Å². The molecule has 0 fully saturated rings. The van der Waals surface area contributed by atoms with E-state index in [0.717, 1.165) is 11.2 Å². The summed E-state index contributed by atoms with van der Waals surface area (Å²) in [5.41, 5.74) is 2.21. The molecule has 2 rings (SSSR count). The van der Waals surface area contributed by atoms with Crippen molar-refractivity contribution < 1.29 is 0 Å². The zero-order chi connectivity index (χ0) is 7.68. The van der Waals surface area contributed by atoms with Crippen LogP contribution in [0.25, 0.3) is 17.2 Å². The predicted octanol–water partition coefficient (Wildman–Crippen LogP) is 0.996. The minimum absolute atomic E-state index is 0.627. The monoisotopic (exact) mass is 146 g/mol. The Morgan fingerprint density at radius 3 is 3.09 bits per heavy atom. The van der Waals surface area contributed by atoms with Gasteiger partial charge in [0, 0.05) is 0 Å². The number of hydrogen-bond acceptors (Lipinski definition) is 3. The number of aromatic amines is 1. The lowest BCUT2D eigenvalue weighted by Gasteiger charge is -1.87. The van der Waals surface area contributed by atoms with Gasteiger partial charge in [-0.2, -0.15) is 10.3 Å². The fourth-order valence-corrected chi connectivity index (χ4v) is 0.865. The van der Waals surface area contributed by atoms with Gasteiger partial charge in [0.2, 0.25) is 5.65 Å². The second-order valence-electron chi connectivity index (χ2n) is 2.11. The van der Waals surface area contributed by atoms with Gasteiger partial charge in [-0.3, -0.25) is 0 Å². The summed E-state index contributed by atoms with van der Waals surface area (Å²) in [6.07, 6.45) is 1.67. The van der Waals surface area contributed by atoms with E-state index in [1.807, 2.05) is 12.1 Å². The molecule has 4 heteroatoms. The lowest BCUT2D eigenvalue weighted by molar-refractivity contribution is 0.954. The molecule has 0 aliphatic carbocycles. The molecule has 0 bridgehead atoms. The molecule has 0 aromatic carbocycles. The van der Waals surface area contributed by atoms with Crippen molar-refractivity contribution in [1.82, 2.24) is 20.4 Å². The maximum Gasteiger partial charge on any atom is 0.202 e. The van der Waals surface area contributed by atoms with Crippen LogP contribution in [0.5, 0.6) is 0 Å². The van der Waals surface area contributed by atoms with Crippen LogP contribution in [0.15, 0.2) is 18.7 Å². The van der Waals surface area contributed by atoms with Gasteiger partial charge in [0.25, 0.3) is 0 Å². The lowest BCUT2D eigenvalue weighted by Crippen LogP contribution is -1.80. The first kappa shape index (κ1) is 6.03. The van der Waals surface area contributed by atoms with Crippen LogP contribution in [0, 0.1) is 0 Å². The van der Waals surface area contributed by atoms with Crippen molar-refractivity contribution >= 4 is 17.2 Å². The van der Waals surface area contributed by atoms with Gasteiger partial charge in [0.05, 0.1) is 5.69 Å². The summed E-state index contributed by atoms with van der Waals surface area (Å²) < 4.78 is 0. The molecule has 0 spiro atoms. The van der Waals surface area contributed by atoms with E-state index in [0.29, 0.717) is 5.65 Å². The molecule has 2 aromatic heterocycles. The van der Waals surface area contributed by atoms with E-state index in [1.165, 1.54) is 0 Å². The van der Waals surface area contributed by atoms with E-state index in [1.54, 1.807) is 6.08 Å². The Kier molecular flexibility index (Phi) is 1.18. The third-order valence-corrected chi connectivity index (χ3v) is 1.41. The lowest BCUT2D eigenvalue weighted by atomic mass is 10.3. The molecule has 0 atom stereocenters. The quantitative estimate of drug-likeness (QED) is 0.652. The van der Waals surface area contributed by atoms with Gasteiger partial charge in [-0.1, -0.05) is 6.58 Å². The average molecular weight is 146 g/mol. The van der Waals surface area contributed by atoms with Gasteiger partial charge in [0.1, 0.15) is 5.52 Å². The summed E-state index contributed by atoms with van der Waals surface area (Å²) >= 11 is 0. The SMILES string of the molecule is C=Cc1ccc2n[nH]nc2n1. The molecule has 0 saturated heterocycles. The second-order valence-corrected chi connectivity index (χ2v) is 2.11. The van der Waals surface area contributed by atoms with Gasteiger partial charge >= 0.3 is 0 Å². The van der Waals surface area contributed by atoms with Crippen LogP contribution in [0.1, 0.15) is 5.69 Å². The van der Waals surface area contributed by atoms with Gasteiger partial charge in [-0.15, -0.1) is 5.10 Å². The third-order valence-electron chi connectivity index (χ3n) is 1.41. The number of nitrogens with zero attached hydrogens (tertiary/aromatic N) is 3. The Hall–Kier alpha value is -1.71. The van der Waals surface area contributed by atoms with Crippen molar-refractivity contribution in [2.24, 2.45) is 0 Å². The van der Waals surface area contributed by atoms with Crippen LogP contribution in [-0.2, 0) is 0 Å². The number of H-pyrrole nitrogens is 1. The molecule has 0 saturated carbocycles. The van der Waals surface area contributed by atoms with Gasteiger partial charge in [-0.25, -0.2) is 4.98 Å². The van der Waals surface area contributed by atoms with Gasteiger partial charge < -0.3 is 0 Å². The standard InChI is InChI=1S/C7H6N4/c1-2-5-3-4-6-7(8-5)10-11-9-6/h2-4H,1H2,(H,8,9,10,11). The Morgan fingerprint density at radius 2 is 2.27 bits per heavy atom. The van der Waals surface area contributed by atoms with Crippen LogP contribution in [0.2, 0.25) is 0 Å². The maximum absolute atomic E-state index is 4.13. The average Bonchev–Trinajstić information content (AvgIpc) is 2.50. The molecule has 2 heterocycles. The highest BCUT2D eigenvalue weighted by Gasteiger charge is 1.97. The van der Waals surface area contributed by atoms with E-state index in [2.05, 4.69) is 27.0 Å². The van der Waals surface area contributed by atoms with Crippen LogP contribution in [-0.4, -0.2) is 20.4 Å². The van der Waals surface area contributed by atoms with Crippen molar-refractivity contribution in [2.45, 2.75) is 0 Å². The summed E-state index contributed by atoms with van der Waals surface area (Å²) in [6.45, 7) is 3.60. The molecule has 0 unspecified atom stereocenters. The molecular formula is C7H6N4. The summed E-state index contributed by atoms with van der Waals surface area (Å²) in [7, 11) is 0. The van der Waals surface area contributed by atoms with Crippen LogP contribution < -0.4 is 0 Å². The van der Waals surface area contributed by atoms with E-state index in [-0.39, 0.29) is 0 Å². The van der Waals surface area contributed by atoms with Crippen LogP contribution in [0.4, 0.5) is 0 Å². The largest absolute Gasteiger partial charge is 0.226 e. The van der Waals surface area contributed by atoms with Gasteiger partial charge in [-0.05, 0) is 18.2 Å². The molecule has 11 heavy (non-hydrogen) atoms. The Labute approximate surface area is 63.0 Å². The fourth-order valence-electron chi connectivity index (χ4n) is 0.865. The van der Waals surface area contributed by atoms with E-state index >= 15 is 0 Å². The number of hydrogen-bond donors (Lipinski definition) is 1. The first-order valence-electron chi connectivity index (χ1n) is 3.20. The number of nitrogens with one attached hydrogen (secondary N) is 1. The molecule has 0 aliphatic heterocycles. The molecule has 54 valence electrons. The molecular weight excluding hydrogens is 140 g/mol. The highest BCUT2D eigenvalue weighted by atomic mass is 15.3. The summed E-state index contributed by atoms with van der Waals surface area (Å²) in [5.74, 6) is 0. The first-order chi connectivity index (χ1) is 5.40. The second kappa shape index (κ2) is 2.16. The van der Waals surface area contributed by atoms with Crippen molar-refractivity contribution in [3.63, 3.8) is 0 Å². The first-order valence-corrected chi connectivity index (χ1v) is 3.20. The fraction of sp³-hybridized carbons (Fsp3) is 0. The number of pyridine rings is 1. The third kappa shape index (κ3) is 0.881. The van der Waals surface area contributed by atoms with Crippen LogP contribution >= 0.6 is 0 Å². The predicted molar refractivity (Wildman–Crippen MR) is 41.8 cm³/mol. The number of rotatable bonds is 1. The maximum atomic E-state index is 4.13. The molecule has 4 nitrogen and oxygen atoms in total. The topological polar surface area (TPSA) is 54.5 Å². The Morgan fingerprint density at radius 1 is 1.36 bits per heavy atom. The van der Waals surface area contributed by atoms with Gasteiger partial charge in [0.15, 0.2) is 0 Å². The van der Waals surface area contributed by atoms with E-state index < -0.39 is 0 Å². The summed E-state index contributed by atoms with van der Waals surface area (Å²) in [4.78, 5) is 4.13. The van der Waals surface area contributed by atoms with E-state index in [9.17, 15) is 0 Å². The molecule has 1 N–H and O–H groups in total. The molecule has 0 radical (unpaired) electrons. The molecule has 0 amide bonds. The molecule has 0 aliphatic rings. The number of fused-ring (bicyclic) bond motifs is 1. The zero-order valence-electron chi connectivity index (χ0n) is 5.78. The summed E-state index contributed by atoms with van der Waals surface area (Å²) in [6, 6.07) is 3.70. The molecule has 2 aromatic rings. The Bertz CT molecular complexity index is 390. The Balaban J connectivity index is 2.76. The minimum Gasteiger partial charge on any atom is -0.226 e.